The highest BCUT2D eigenvalue weighted by Crippen LogP contribution is 2.11. The Balaban J connectivity index is 2.06. The van der Waals surface area contributed by atoms with Crippen LogP contribution >= 0.6 is 0 Å². The molecule has 2 aromatic heterocycles. The van der Waals surface area contributed by atoms with E-state index < -0.39 is 0 Å². The monoisotopic (exact) mass is 276 g/mol. The fourth-order valence-electron chi connectivity index (χ4n) is 1.35. The van der Waals surface area contributed by atoms with E-state index in [-0.39, 0.29) is 12.0 Å². The van der Waals surface area contributed by atoms with Gasteiger partial charge in [0.15, 0.2) is 0 Å². The lowest BCUT2D eigenvalue weighted by Crippen LogP contribution is -2.15. The second-order valence-electron chi connectivity index (χ2n) is 3.81. The van der Waals surface area contributed by atoms with Crippen molar-refractivity contribution in [3.8, 4) is 6.01 Å². The third-order valence-corrected chi connectivity index (χ3v) is 2.25. The van der Waals surface area contributed by atoms with E-state index in [9.17, 15) is 0 Å². The highest BCUT2D eigenvalue weighted by atomic mass is 16.5. The minimum Gasteiger partial charge on any atom is -0.463 e. The van der Waals surface area contributed by atoms with E-state index in [4.69, 9.17) is 10.6 Å². The number of ether oxygens (including phenoxy) is 1. The summed E-state index contributed by atoms with van der Waals surface area (Å²) in [5.41, 5.74) is 3.19. The van der Waals surface area contributed by atoms with Crippen LogP contribution in [0, 0.1) is 0 Å². The molecule has 0 atom stereocenters. The predicted molar refractivity (Wildman–Crippen MR) is 72.8 cm³/mol. The number of nitrogen functional groups attached to an aromatic ring is 1. The van der Waals surface area contributed by atoms with Crippen molar-refractivity contribution in [3.63, 3.8) is 0 Å². The van der Waals surface area contributed by atoms with Gasteiger partial charge < -0.3 is 10.1 Å². The summed E-state index contributed by atoms with van der Waals surface area (Å²) in [4.78, 5) is 20.2. The molecule has 0 amide bonds. The molecule has 9 nitrogen and oxygen atoms in total. The van der Waals surface area contributed by atoms with Gasteiger partial charge in [-0.3, -0.25) is 5.43 Å². The zero-order chi connectivity index (χ0) is 14.2. The van der Waals surface area contributed by atoms with Crippen molar-refractivity contribution in [3.05, 3.63) is 24.3 Å². The van der Waals surface area contributed by atoms with E-state index in [2.05, 4.69) is 35.7 Å². The Morgan fingerprint density at radius 1 is 1.25 bits per heavy atom. The number of nitrogens with one attached hydrogen (secondary N) is 2. The summed E-state index contributed by atoms with van der Waals surface area (Å²) >= 11 is 0. The number of hydrogen-bond donors (Lipinski definition) is 3. The molecule has 20 heavy (non-hydrogen) atoms. The maximum atomic E-state index is 5.37. The van der Waals surface area contributed by atoms with Crippen molar-refractivity contribution in [2.75, 3.05) is 17.3 Å². The van der Waals surface area contributed by atoms with Crippen molar-refractivity contribution >= 4 is 11.9 Å². The Hall–Kier alpha value is -2.55. The van der Waals surface area contributed by atoms with Crippen LogP contribution in [0.3, 0.4) is 0 Å². The number of hydrogen-bond acceptors (Lipinski definition) is 9. The molecule has 4 N–H and O–H groups in total. The standard InChI is InChI=1S/C11H16N8O/c1-2-5-20-11-17-9(16-10(18-11)19-12)14-6-8-3-4-13-7-15-8/h3-4,7H,2,5-6,12H2,1H3,(H2,14,16,17,18,19). The number of nitrogens with zero attached hydrogens (tertiary/aromatic N) is 5. The van der Waals surface area contributed by atoms with E-state index in [0.29, 0.717) is 19.1 Å². The zero-order valence-electron chi connectivity index (χ0n) is 11.1. The molecule has 0 fully saturated rings. The first-order valence-corrected chi connectivity index (χ1v) is 6.16. The molecule has 0 bridgehead atoms. The molecule has 106 valence electrons. The molecule has 0 aromatic carbocycles. The lowest BCUT2D eigenvalue weighted by molar-refractivity contribution is 0.292. The van der Waals surface area contributed by atoms with Gasteiger partial charge in [-0.05, 0) is 12.5 Å². The van der Waals surface area contributed by atoms with Crippen LogP contribution in [0.4, 0.5) is 11.9 Å². The van der Waals surface area contributed by atoms with E-state index in [1.807, 2.05) is 6.92 Å². The van der Waals surface area contributed by atoms with Crippen LogP contribution in [0.1, 0.15) is 19.0 Å². The molecule has 0 saturated heterocycles. The van der Waals surface area contributed by atoms with E-state index in [0.717, 1.165) is 12.1 Å². The van der Waals surface area contributed by atoms with Gasteiger partial charge in [0.25, 0.3) is 0 Å². The number of nitrogens with two attached hydrogens (primary N) is 1. The van der Waals surface area contributed by atoms with E-state index in [1.165, 1.54) is 6.33 Å². The summed E-state index contributed by atoms with van der Waals surface area (Å²) in [5.74, 6) is 5.91. The fraction of sp³-hybridized carbons (Fsp3) is 0.364. The first-order valence-electron chi connectivity index (χ1n) is 6.16. The second kappa shape index (κ2) is 7.14. The van der Waals surface area contributed by atoms with Gasteiger partial charge in [0.2, 0.25) is 11.9 Å². The largest absolute Gasteiger partial charge is 0.463 e. The van der Waals surface area contributed by atoms with Crippen molar-refractivity contribution in [2.24, 2.45) is 5.84 Å². The average molecular weight is 276 g/mol. The number of aromatic nitrogens is 5. The molecule has 0 aliphatic rings. The van der Waals surface area contributed by atoms with Crippen LogP contribution < -0.4 is 21.3 Å². The molecule has 2 rings (SSSR count). The number of hydrazine groups is 1. The van der Waals surface area contributed by atoms with Crippen LogP contribution in [-0.4, -0.2) is 31.5 Å². The van der Waals surface area contributed by atoms with E-state index >= 15 is 0 Å². The zero-order valence-corrected chi connectivity index (χ0v) is 11.1. The normalized spacial score (nSPS) is 10.1. The number of anilines is 2. The Morgan fingerprint density at radius 3 is 2.80 bits per heavy atom. The SMILES string of the molecule is CCCOc1nc(NN)nc(NCc2ccncn2)n1. The van der Waals surface area contributed by atoms with Gasteiger partial charge in [0.1, 0.15) is 6.33 Å². The van der Waals surface area contributed by atoms with Crippen LogP contribution in [0.15, 0.2) is 18.6 Å². The third-order valence-electron chi connectivity index (χ3n) is 2.25. The molecule has 0 spiro atoms. The topological polar surface area (TPSA) is 124 Å². The van der Waals surface area contributed by atoms with Gasteiger partial charge in [-0.2, -0.15) is 15.0 Å². The minimum atomic E-state index is 0.222. The Morgan fingerprint density at radius 2 is 2.10 bits per heavy atom. The lowest BCUT2D eigenvalue weighted by Gasteiger charge is -2.08. The van der Waals surface area contributed by atoms with Gasteiger partial charge in [0.05, 0.1) is 18.8 Å². The highest BCUT2D eigenvalue weighted by molar-refractivity contribution is 5.35. The van der Waals surface area contributed by atoms with Gasteiger partial charge >= 0.3 is 6.01 Å². The third kappa shape index (κ3) is 3.99. The van der Waals surface area contributed by atoms with Crippen LogP contribution in [0.25, 0.3) is 0 Å². The molecule has 0 aliphatic heterocycles. The van der Waals surface area contributed by atoms with Crippen molar-refractivity contribution in [1.29, 1.82) is 0 Å². The molecular formula is C11H16N8O. The van der Waals surface area contributed by atoms with Gasteiger partial charge in [0, 0.05) is 6.20 Å². The summed E-state index contributed by atoms with van der Waals surface area (Å²) in [5, 5.41) is 3.02. The number of rotatable bonds is 7. The van der Waals surface area contributed by atoms with Gasteiger partial charge in [-0.25, -0.2) is 15.8 Å². The van der Waals surface area contributed by atoms with Crippen molar-refractivity contribution < 1.29 is 4.74 Å². The summed E-state index contributed by atoms with van der Waals surface area (Å²) in [6, 6.07) is 2.02. The molecule has 2 heterocycles. The molecule has 0 unspecified atom stereocenters. The quantitative estimate of drug-likeness (QED) is 0.485. The van der Waals surface area contributed by atoms with E-state index in [1.54, 1.807) is 12.3 Å². The van der Waals surface area contributed by atoms with Gasteiger partial charge in [-0.1, -0.05) is 6.92 Å². The molecule has 2 aromatic rings. The Kier molecular flexibility index (Phi) is 4.95. The maximum Gasteiger partial charge on any atom is 0.323 e. The lowest BCUT2D eigenvalue weighted by atomic mass is 10.4. The van der Waals surface area contributed by atoms with Crippen molar-refractivity contribution in [2.45, 2.75) is 19.9 Å². The van der Waals surface area contributed by atoms with Crippen LogP contribution in [-0.2, 0) is 6.54 Å². The van der Waals surface area contributed by atoms with Crippen LogP contribution in [0.2, 0.25) is 0 Å². The maximum absolute atomic E-state index is 5.37. The first kappa shape index (κ1) is 13.9. The molecular weight excluding hydrogens is 260 g/mol. The Bertz CT molecular complexity index is 535. The van der Waals surface area contributed by atoms with Crippen LogP contribution in [0.5, 0.6) is 6.01 Å². The smallest absolute Gasteiger partial charge is 0.323 e. The first-order chi connectivity index (χ1) is 9.81. The summed E-state index contributed by atoms with van der Waals surface area (Å²) in [6.07, 6.45) is 4.01. The predicted octanol–water partition coefficient (Wildman–Crippen LogP) is 0.348. The molecule has 0 radical (unpaired) electrons. The van der Waals surface area contributed by atoms with Gasteiger partial charge in [-0.15, -0.1) is 0 Å². The summed E-state index contributed by atoms with van der Waals surface area (Å²) in [6.45, 7) is 2.99. The average Bonchev–Trinajstić information content (AvgIpc) is 2.51. The highest BCUT2D eigenvalue weighted by Gasteiger charge is 2.06. The summed E-state index contributed by atoms with van der Waals surface area (Å²) < 4.78 is 5.37. The second-order valence-corrected chi connectivity index (χ2v) is 3.81. The summed E-state index contributed by atoms with van der Waals surface area (Å²) in [7, 11) is 0. The Labute approximate surface area is 116 Å². The minimum absolute atomic E-state index is 0.222. The fourth-order valence-corrected chi connectivity index (χ4v) is 1.35. The molecule has 0 aliphatic carbocycles. The van der Waals surface area contributed by atoms with Crippen molar-refractivity contribution in [1.82, 2.24) is 24.9 Å². The molecule has 0 saturated carbocycles. The molecule has 9 heteroatoms.